The molecule has 0 aliphatic heterocycles. The normalized spacial score (nSPS) is 11.3. The fraction of sp³-hybridized carbons (Fsp3) is 0.621. The first-order valence-corrected chi connectivity index (χ1v) is 13.0. The highest BCUT2D eigenvalue weighted by molar-refractivity contribution is 5.22. The minimum Gasteiger partial charge on any atom is -0.302 e. The van der Waals surface area contributed by atoms with Gasteiger partial charge in [0.15, 0.2) is 18.9 Å². The average molecular weight is 424 g/mol. The molecule has 0 bridgehead atoms. The zero-order chi connectivity index (χ0) is 22.0. The van der Waals surface area contributed by atoms with Crippen molar-refractivity contribution in [2.45, 2.75) is 103 Å². The van der Waals surface area contributed by atoms with Crippen LogP contribution in [-0.2, 0) is 13.1 Å². The van der Waals surface area contributed by atoms with E-state index in [9.17, 15) is 0 Å². The van der Waals surface area contributed by atoms with E-state index in [4.69, 9.17) is 0 Å². The van der Waals surface area contributed by atoms with Crippen LogP contribution in [0.4, 0.5) is 0 Å². The van der Waals surface area contributed by atoms with E-state index in [1.165, 1.54) is 101 Å². The van der Waals surface area contributed by atoms with Gasteiger partial charge in [-0.05, 0) is 31.6 Å². The molecule has 1 aromatic heterocycles. The molecule has 0 spiro atoms. The maximum atomic E-state index is 2.48. The molecule has 172 valence electrons. The molecule has 0 unspecified atom stereocenters. The Hall–Kier alpha value is -1.67. The molecule has 0 aliphatic rings. The summed E-state index contributed by atoms with van der Waals surface area (Å²) >= 11 is 0. The van der Waals surface area contributed by atoms with Crippen molar-refractivity contribution in [3.63, 3.8) is 0 Å². The molecule has 0 fully saturated rings. The number of hydrogen-bond acceptors (Lipinski definition) is 1. The molecule has 0 radical (unpaired) electrons. The van der Waals surface area contributed by atoms with Crippen LogP contribution in [0.2, 0.25) is 0 Å². The van der Waals surface area contributed by atoms with Crippen LogP contribution in [0.3, 0.4) is 0 Å². The van der Waals surface area contributed by atoms with E-state index >= 15 is 0 Å². The smallest absolute Gasteiger partial charge is 0.173 e. The summed E-state index contributed by atoms with van der Waals surface area (Å²) in [6, 6.07) is 15.3. The molecule has 0 atom stereocenters. The van der Waals surface area contributed by atoms with Crippen molar-refractivity contribution in [1.29, 1.82) is 0 Å². The highest BCUT2D eigenvalue weighted by atomic mass is 15.1. The summed E-state index contributed by atoms with van der Waals surface area (Å²) in [7, 11) is 2.26. The first-order valence-electron chi connectivity index (χ1n) is 13.0. The van der Waals surface area contributed by atoms with Crippen LogP contribution in [-0.4, -0.2) is 18.5 Å². The molecule has 2 heteroatoms. The Morgan fingerprint density at radius 1 is 0.645 bits per heavy atom. The van der Waals surface area contributed by atoms with Gasteiger partial charge in [-0.1, -0.05) is 108 Å². The molecular weight excluding hydrogens is 376 g/mol. The lowest BCUT2D eigenvalue weighted by molar-refractivity contribution is -0.688. The van der Waals surface area contributed by atoms with Crippen molar-refractivity contribution in [2.24, 2.45) is 0 Å². The molecule has 2 rings (SSSR count). The Morgan fingerprint density at radius 2 is 1.19 bits per heavy atom. The van der Waals surface area contributed by atoms with E-state index in [-0.39, 0.29) is 0 Å². The van der Waals surface area contributed by atoms with Crippen LogP contribution in [0.5, 0.6) is 0 Å². The topological polar surface area (TPSA) is 7.12 Å². The van der Waals surface area contributed by atoms with E-state index in [1.54, 1.807) is 0 Å². The second-order valence-corrected chi connectivity index (χ2v) is 9.35. The molecule has 0 saturated heterocycles. The highest BCUT2D eigenvalue weighted by Crippen LogP contribution is 2.13. The number of benzene rings is 1. The highest BCUT2D eigenvalue weighted by Gasteiger charge is 2.05. The van der Waals surface area contributed by atoms with Crippen LogP contribution in [0.15, 0.2) is 54.9 Å². The Bertz CT molecular complexity index is 667. The minimum atomic E-state index is 0.942. The second kappa shape index (κ2) is 17.0. The Kier molecular flexibility index (Phi) is 14.0. The van der Waals surface area contributed by atoms with Gasteiger partial charge in [0, 0.05) is 24.2 Å². The van der Waals surface area contributed by atoms with Crippen molar-refractivity contribution in [1.82, 2.24) is 4.90 Å². The van der Waals surface area contributed by atoms with Gasteiger partial charge in [0.2, 0.25) is 0 Å². The van der Waals surface area contributed by atoms with Gasteiger partial charge in [-0.15, -0.1) is 0 Å². The van der Waals surface area contributed by atoms with E-state index < -0.39 is 0 Å². The van der Waals surface area contributed by atoms with Gasteiger partial charge in [0.05, 0.1) is 0 Å². The SMILES string of the molecule is CCCCCCCCCCCCCCCN(C)Cc1cccc(C[n+]2ccccc2)c1. The lowest BCUT2D eigenvalue weighted by atomic mass is 10.0. The molecular formula is C29H47N2+. The van der Waals surface area contributed by atoms with Crippen molar-refractivity contribution in [2.75, 3.05) is 13.6 Å². The van der Waals surface area contributed by atoms with E-state index in [1.807, 2.05) is 0 Å². The van der Waals surface area contributed by atoms with E-state index in [0.29, 0.717) is 0 Å². The summed E-state index contributed by atoms with van der Waals surface area (Å²) in [4.78, 5) is 2.48. The first kappa shape index (κ1) is 25.6. The summed E-state index contributed by atoms with van der Waals surface area (Å²) in [6.45, 7) is 5.49. The fourth-order valence-corrected chi connectivity index (χ4v) is 4.37. The molecule has 0 saturated carbocycles. The minimum absolute atomic E-state index is 0.942. The Morgan fingerprint density at radius 3 is 1.81 bits per heavy atom. The maximum absolute atomic E-state index is 2.48. The summed E-state index contributed by atoms with van der Waals surface area (Å²) in [5, 5.41) is 0. The summed E-state index contributed by atoms with van der Waals surface area (Å²) < 4.78 is 2.23. The van der Waals surface area contributed by atoms with Crippen molar-refractivity contribution in [3.05, 3.63) is 66.0 Å². The fourth-order valence-electron chi connectivity index (χ4n) is 4.37. The molecule has 1 heterocycles. The third-order valence-corrected chi connectivity index (χ3v) is 6.23. The number of unbranched alkanes of at least 4 members (excludes halogenated alkanes) is 12. The third-order valence-electron chi connectivity index (χ3n) is 6.23. The van der Waals surface area contributed by atoms with Crippen molar-refractivity contribution >= 4 is 0 Å². The predicted octanol–water partition coefficient (Wildman–Crippen LogP) is 7.55. The predicted molar refractivity (Wildman–Crippen MR) is 134 cm³/mol. The van der Waals surface area contributed by atoms with E-state index in [0.717, 1.165) is 13.1 Å². The summed E-state index contributed by atoms with van der Waals surface area (Å²) in [5.41, 5.74) is 2.80. The van der Waals surface area contributed by atoms with Crippen molar-refractivity contribution in [3.8, 4) is 0 Å². The van der Waals surface area contributed by atoms with Gasteiger partial charge in [0.1, 0.15) is 0 Å². The zero-order valence-corrected chi connectivity index (χ0v) is 20.4. The Balaban J connectivity index is 1.48. The van der Waals surface area contributed by atoms with E-state index in [2.05, 4.69) is 78.3 Å². The van der Waals surface area contributed by atoms with Gasteiger partial charge in [-0.25, -0.2) is 4.57 Å². The van der Waals surface area contributed by atoms with Gasteiger partial charge in [-0.2, -0.15) is 0 Å². The molecule has 2 nitrogen and oxygen atoms in total. The van der Waals surface area contributed by atoms with Gasteiger partial charge >= 0.3 is 0 Å². The van der Waals surface area contributed by atoms with Crippen LogP contribution >= 0.6 is 0 Å². The number of hydrogen-bond donors (Lipinski definition) is 0. The van der Waals surface area contributed by atoms with Gasteiger partial charge in [-0.3, -0.25) is 0 Å². The zero-order valence-electron chi connectivity index (χ0n) is 20.4. The molecule has 0 aliphatic carbocycles. The quantitative estimate of drug-likeness (QED) is 0.177. The van der Waals surface area contributed by atoms with Crippen LogP contribution < -0.4 is 4.57 Å². The summed E-state index contributed by atoms with van der Waals surface area (Å²) in [6.07, 6.45) is 22.8. The molecule has 0 amide bonds. The lowest BCUT2D eigenvalue weighted by Gasteiger charge is -2.17. The largest absolute Gasteiger partial charge is 0.302 e. The first-order chi connectivity index (χ1) is 15.3. The van der Waals surface area contributed by atoms with Crippen LogP contribution in [0.25, 0.3) is 0 Å². The summed E-state index contributed by atoms with van der Waals surface area (Å²) in [5.74, 6) is 0. The molecule has 0 N–H and O–H groups in total. The van der Waals surface area contributed by atoms with Crippen molar-refractivity contribution < 1.29 is 4.57 Å². The molecule has 1 aromatic carbocycles. The Labute approximate surface area is 192 Å². The van der Waals surface area contributed by atoms with Gasteiger partial charge < -0.3 is 4.90 Å². The number of nitrogens with zero attached hydrogens (tertiary/aromatic N) is 2. The monoisotopic (exact) mass is 423 g/mol. The molecule has 31 heavy (non-hydrogen) atoms. The number of rotatable bonds is 18. The van der Waals surface area contributed by atoms with Crippen LogP contribution in [0, 0.1) is 0 Å². The maximum Gasteiger partial charge on any atom is 0.173 e. The standard InChI is InChI=1S/C29H47N2/c1-3-4-5-6-7-8-9-10-11-12-13-14-16-22-30(2)26-28-20-19-21-29(25-28)27-31-23-17-15-18-24-31/h15,17-21,23-25H,3-14,16,22,26-27H2,1-2H3/q+1. The number of pyridine rings is 1. The van der Waals surface area contributed by atoms with Gasteiger partial charge in [0.25, 0.3) is 0 Å². The molecule has 2 aromatic rings. The lowest BCUT2D eigenvalue weighted by Crippen LogP contribution is -2.32. The average Bonchev–Trinajstić information content (AvgIpc) is 2.78. The second-order valence-electron chi connectivity index (χ2n) is 9.35. The third kappa shape index (κ3) is 12.7. The number of aromatic nitrogens is 1. The van der Waals surface area contributed by atoms with Crippen LogP contribution in [0.1, 0.15) is 102 Å².